The van der Waals surface area contributed by atoms with Gasteiger partial charge in [0.25, 0.3) is 0 Å². The number of hydrogen-bond acceptors (Lipinski definition) is 3. The summed E-state index contributed by atoms with van der Waals surface area (Å²) in [5.41, 5.74) is 0. The van der Waals surface area contributed by atoms with E-state index in [-0.39, 0.29) is 5.78 Å². The summed E-state index contributed by atoms with van der Waals surface area (Å²) in [5.74, 6) is 0.0845. The second-order valence-electron chi connectivity index (χ2n) is 2.80. The molecule has 3 heteroatoms. The zero-order chi connectivity index (χ0) is 8.81. The average molecular weight is 170 g/mol. The topological polar surface area (TPSA) is 38.8 Å². The molecule has 0 amide bonds. The molecule has 1 rings (SSSR count). The van der Waals surface area contributed by atoms with Crippen LogP contribution in [0.2, 0.25) is 0 Å². The third-order valence-electron chi connectivity index (χ3n) is 1.65. The molecule has 0 aromatic carbocycles. The lowest BCUT2D eigenvalue weighted by atomic mass is 10.2. The predicted molar refractivity (Wildman–Crippen MR) is 45.0 cm³/mol. The quantitative estimate of drug-likeness (QED) is 0.324. The van der Waals surface area contributed by atoms with Crippen molar-refractivity contribution in [3.63, 3.8) is 0 Å². The normalized spacial score (nSPS) is 20.5. The maximum atomic E-state index is 10.7. The van der Waals surface area contributed by atoms with Crippen LogP contribution < -0.4 is 0 Å². The monoisotopic (exact) mass is 170 g/mol. The van der Waals surface area contributed by atoms with Crippen molar-refractivity contribution in [2.75, 3.05) is 19.8 Å². The van der Waals surface area contributed by atoms with Crippen LogP contribution in [0, 0.1) is 0 Å². The van der Waals surface area contributed by atoms with Gasteiger partial charge in [-0.2, -0.15) is 0 Å². The number of ketones is 1. The Balaban J connectivity index is 1.81. The smallest absolute Gasteiger partial charge is 0.155 e. The van der Waals surface area contributed by atoms with E-state index in [1.165, 1.54) is 6.08 Å². The molecular weight excluding hydrogens is 156 g/mol. The Morgan fingerprint density at radius 2 is 2.50 bits per heavy atom. The third kappa shape index (κ3) is 4.26. The molecule has 0 radical (unpaired) electrons. The molecule has 0 aliphatic carbocycles. The number of hydrogen-bond donors (Lipinski definition) is 0. The maximum absolute atomic E-state index is 10.7. The van der Waals surface area contributed by atoms with E-state index in [4.69, 9.17) is 9.47 Å². The molecule has 0 aromatic rings. The Hall–Kier alpha value is -0.670. The first-order valence-electron chi connectivity index (χ1n) is 4.17. The highest BCUT2D eigenvalue weighted by Crippen LogP contribution is 2.08. The number of rotatable bonds is 7. The van der Waals surface area contributed by atoms with Crippen LogP contribution in [0.25, 0.3) is 0 Å². The molecule has 1 fully saturated rings. The molecule has 0 spiro atoms. The second-order valence-corrected chi connectivity index (χ2v) is 2.80. The van der Waals surface area contributed by atoms with Gasteiger partial charge in [-0.05, 0) is 12.5 Å². The summed E-state index contributed by atoms with van der Waals surface area (Å²) >= 11 is 0. The number of carbonyl (C=O) groups is 1. The molecular formula is C9H14O3. The fraction of sp³-hybridized carbons (Fsp3) is 0.667. The first-order chi connectivity index (χ1) is 5.83. The van der Waals surface area contributed by atoms with E-state index in [0.717, 1.165) is 13.0 Å². The van der Waals surface area contributed by atoms with Gasteiger partial charge in [-0.1, -0.05) is 6.58 Å². The van der Waals surface area contributed by atoms with E-state index in [0.29, 0.717) is 25.7 Å². The molecule has 0 aromatic heterocycles. The molecule has 1 atom stereocenters. The van der Waals surface area contributed by atoms with Crippen LogP contribution in [0.3, 0.4) is 0 Å². The highest BCUT2D eigenvalue weighted by atomic mass is 16.6. The van der Waals surface area contributed by atoms with Gasteiger partial charge in [-0.15, -0.1) is 0 Å². The first kappa shape index (κ1) is 9.42. The molecule has 0 N–H and O–H groups in total. The van der Waals surface area contributed by atoms with Crippen molar-refractivity contribution in [2.45, 2.75) is 18.9 Å². The van der Waals surface area contributed by atoms with Crippen LogP contribution in [0.4, 0.5) is 0 Å². The molecule has 0 saturated carbocycles. The number of epoxide rings is 1. The zero-order valence-electron chi connectivity index (χ0n) is 7.12. The van der Waals surface area contributed by atoms with Gasteiger partial charge in [-0.3, -0.25) is 4.79 Å². The minimum Gasteiger partial charge on any atom is -0.379 e. The van der Waals surface area contributed by atoms with Gasteiger partial charge in [-0.25, -0.2) is 0 Å². The summed E-state index contributed by atoms with van der Waals surface area (Å²) in [7, 11) is 0. The van der Waals surface area contributed by atoms with E-state index in [9.17, 15) is 4.79 Å². The van der Waals surface area contributed by atoms with Gasteiger partial charge in [0.2, 0.25) is 0 Å². The summed E-state index contributed by atoms with van der Waals surface area (Å²) in [6.07, 6.45) is 2.98. The Bertz CT molecular complexity index is 161. The van der Waals surface area contributed by atoms with Crippen LogP contribution in [-0.4, -0.2) is 31.7 Å². The molecule has 1 heterocycles. The van der Waals surface area contributed by atoms with E-state index in [2.05, 4.69) is 6.58 Å². The first-order valence-corrected chi connectivity index (χ1v) is 4.17. The second kappa shape index (κ2) is 5.06. The van der Waals surface area contributed by atoms with Crippen LogP contribution in [0.15, 0.2) is 12.7 Å². The van der Waals surface area contributed by atoms with Crippen molar-refractivity contribution >= 4 is 5.78 Å². The van der Waals surface area contributed by atoms with E-state index in [1.807, 2.05) is 0 Å². The molecule has 1 saturated heterocycles. The highest BCUT2D eigenvalue weighted by Gasteiger charge is 2.21. The van der Waals surface area contributed by atoms with Crippen molar-refractivity contribution < 1.29 is 14.3 Å². The van der Waals surface area contributed by atoms with E-state index < -0.39 is 0 Å². The average Bonchev–Trinajstić information content (AvgIpc) is 2.87. The number of carbonyl (C=O) groups excluding carboxylic acids is 1. The summed E-state index contributed by atoms with van der Waals surface area (Å²) in [5, 5.41) is 0. The van der Waals surface area contributed by atoms with Crippen LogP contribution in [-0.2, 0) is 14.3 Å². The molecule has 1 aliphatic heterocycles. The number of allylic oxidation sites excluding steroid dienone is 1. The van der Waals surface area contributed by atoms with Crippen molar-refractivity contribution in [1.29, 1.82) is 0 Å². The van der Waals surface area contributed by atoms with Crippen molar-refractivity contribution in [3.8, 4) is 0 Å². The molecule has 12 heavy (non-hydrogen) atoms. The van der Waals surface area contributed by atoms with Gasteiger partial charge < -0.3 is 9.47 Å². The molecule has 1 unspecified atom stereocenters. The third-order valence-corrected chi connectivity index (χ3v) is 1.65. The van der Waals surface area contributed by atoms with Crippen LogP contribution in [0.5, 0.6) is 0 Å². The largest absolute Gasteiger partial charge is 0.379 e. The van der Waals surface area contributed by atoms with Crippen molar-refractivity contribution in [3.05, 3.63) is 12.7 Å². The lowest BCUT2D eigenvalue weighted by molar-refractivity contribution is -0.114. The van der Waals surface area contributed by atoms with Gasteiger partial charge in [0.15, 0.2) is 5.78 Å². The molecule has 3 nitrogen and oxygen atoms in total. The Morgan fingerprint density at radius 3 is 3.08 bits per heavy atom. The highest BCUT2D eigenvalue weighted by molar-refractivity contribution is 5.88. The van der Waals surface area contributed by atoms with Gasteiger partial charge in [0.05, 0.1) is 13.2 Å². The van der Waals surface area contributed by atoms with E-state index >= 15 is 0 Å². The zero-order valence-corrected chi connectivity index (χ0v) is 7.12. The fourth-order valence-corrected chi connectivity index (χ4v) is 0.830. The van der Waals surface area contributed by atoms with Gasteiger partial charge >= 0.3 is 0 Å². The number of ether oxygens (including phenoxy) is 2. The Kier molecular flexibility index (Phi) is 3.97. The SMILES string of the molecule is C=CC(=O)CCCOCC1CO1. The Labute approximate surface area is 72.4 Å². The molecule has 0 bridgehead atoms. The predicted octanol–water partition coefficient (Wildman–Crippen LogP) is 0.937. The van der Waals surface area contributed by atoms with Crippen molar-refractivity contribution in [1.82, 2.24) is 0 Å². The van der Waals surface area contributed by atoms with Gasteiger partial charge in [0.1, 0.15) is 6.10 Å². The summed E-state index contributed by atoms with van der Waals surface area (Å²) in [4.78, 5) is 10.7. The minimum absolute atomic E-state index is 0.0845. The molecule has 1 aliphatic rings. The van der Waals surface area contributed by atoms with Crippen LogP contribution in [0.1, 0.15) is 12.8 Å². The fourth-order valence-electron chi connectivity index (χ4n) is 0.830. The van der Waals surface area contributed by atoms with Crippen LogP contribution >= 0.6 is 0 Å². The minimum atomic E-state index is 0.0845. The maximum Gasteiger partial charge on any atom is 0.155 e. The van der Waals surface area contributed by atoms with Crippen molar-refractivity contribution in [2.24, 2.45) is 0 Å². The summed E-state index contributed by atoms with van der Waals surface area (Å²) in [6, 6.07) is 0. The summed E-state index contributed by atoms with van der Waals surface area (Å²) in [6.45, 7) is 5.52. The lowest BCUT2D eigenvalue weighted by Gasteiger charge is -1.99. The standard InChI is InChI=1S/C9H14O3/c1-2-8(10)4-3-5-11-6-9-7-12-9/h2,9H,1,3-7H2. The van der Waals surface area contributed by atoms with Gasteiger partial charge in [0, 0.05) is 13.0 Å². The molecule has 68 valence electrons. The lowest BCUT2D eigenvalue weighted by Crippen LogP contribution is -2.04. The van der Waals surface area contributed by atoms with E-state index in [1.54, 1.807) is 0 Å². The Morgan fingerprint density at radius 1 is 1.75 bits per heavy atom. The summed E-state index contributed by atoms with van der Waals surface area (Å²) < 4.78 is 10.2.